The standard InChI is InChI=1S/C14H26N2S/c1-13(2)7-5-6-11(8-13)16-12-15-9-14(3,4)10-17-12/h11H,5-10H2,1-4H3,(H,15,16). The molecule has 0 amide bonds. The topological polar surface area (TPSA) is 24.4 Å². The van der Waals surface area contributed by atoms with Crippen molar-refractivity contribution in [3.05, 3.63) is 0 Å². The molecule has 0 aromatic heterocycles. The monoisotopic (exact) mass is 254 g/mol. The molecule has 1 aliphatic heterocycles. The van der Waals surface area contributed by atoms with Gasteiger partial charge < -0.3 is 5.32 Å². The zero-order chi connectivity index (χ0) is 12.5. The second-order valence-electron chi connectivity index (χ2n) is 7.18. The molecule has 0 spiro atoms. The number of rotatable bonds is 1. The minimum Gasteiger partial charge on any atom is -0.362 e. The van der Waals surface area contributed by atoms with Gasteiger partial charge in [-0.3, -0.25) is 4.99 Å². The lowest BCUT2D eigenvalue weighted by Crippen LogP contribution is -2.41. The first kappa shape index (κ1) is 13.3. The van der Waals surface area contributed by atoms with E-state index in [1.54, 1.807) is 0 Å². The van der Waals surface area contributed by atoms with Gasteiger partial charge in [0.15, 0.2) is 5.17 Å². The Balaban J connectivity index is 1.87. The van der Waals surface area contributed by atoms with Crippen molar-refractivity contribution in [1.82, 2.24) is 5.32 Å². The molecule has 1 saturated carbocycles. The van der Waals surface area contributed by atoms with Gasteiger partial charge in [0.05, 0.1) is 0 Å². The van der Waals surface area contributed by atoms with Gasteiger partial charge in [-0.1, -0.05) is 45.9 Å². The lowest BCUT2D eigenvalue weighted by atomic mass is 9.75. The molecule has 0 aromatic rings. The van der Waals surface area contributed by atoms with E-state index in [2.05, 4.69) is 33.0 Å². The Kier molecular flexibility index (Phi) is 3.77. The molecule has 1 atom stereocenters. The fraction of sp³-hybridized carbons (Fsp3) is 0.929. The first-order valence-corrected chi connectivity index (χ1v) is 7.79. The molecule has 0 radical (unpaired) electrons. The second-order valence-corrected chi connectivity index (χ2v) is 8.14. The summed E-state index contributed by atoms with van der Waals surface area (Å²) in [6, 6.07) is 0.645. The van der Waals surface area contributed by atoms with Gasteiger partial charge in [0, 0.05) is 18.3 Å². The van der Waals surface area contributed by atoms with Crippen molar-refractivity contribution in [2.45, 2.75) is 59.4 Å². The minimum atomic E-state index is 0.377. The molecule has 0 aromatic carbocycles. The number of hydrogen-bond donors (Lipinski definition) is 1. The van der Waals surface area contributed by atoms with E-state index < -0.39 is 0 Å². The Bertz CT molecular complexity index is 307. The zero-order valence-electron chi connectivity index (χ0n) is 11.7. The van der Waals surface area contributed by atoms with Gasteiger partial charge in [-0.25, -0.2) is 0 Å². The van der Waals surface area contributed by atoms with Crippen molar-refractivity contribution in [1.29, 1.82) is 0 Å². The molecule has 17 heavy (non-hydrogen) atoms. The van der Waals surface area contributed by atoms with Crippen LogP contribution in [0.4, 0.5) is 0 Å². The summed E-state index contributed by atoms with van der Waals surface area (Å²) < 4.78 is 0. The Morgan fingerprint density at radius 1 is 1.24 bits per heavy atom. The first-order chi connectivity index (χ1) is 7.86. The van der Waals surface area contributed by atoms with E-state index >= 15 is 0 Å². The van der Waals surface area contributed by atoms with Gasteiger partial charge in [0.1, 0.15) is 0 Å². The van der Waals surface area contributed by atoms with E-state index in [4.69, 9.17) is 4.99 Å². The van der Waals surface area contributed by atoms with E-state index in [-0.39, 0.29) is 0 Å². The predicted molar refractivity (Wildman–Crippen MR) is 77.7 cm³/mol. The predicted octanol–water partition coefficient (Wildman–Crippen LogP) is 3.67. The van der Waals surface area contributed by atoms with Crippen molar-refractivity contribution in [2.75, 3.05) is 12.3 Å². The first-order valence-electron chi connectivity index (χ1n) is 6.80. The summed E-state index contributed by atoms with van der Waals surface area (Å²) in [7, 11) is 0. The fourth-order valence-electron chi connectivity index (χ4n) is 2.72. The third-order valence-electron chi connectivity index (χ3n) is 3.78. The number of nitrogens with one attached hydrogen (secondary N) is 1. The highest BCUT2D eigenvalue weighted by Gasteiger charge is 2.30. The van der Waals surface area contributed by atoms with Crippen LogP contribution in [0.5, 0.6) is 0 Å². The molecule has 1 unspecified atom stereocenters. The summed E-state index contributed by atoms with van der Waals surface area (Å²) in [5, 5.41) is 4.85. The lowest BCUT2D eigenvalue weighted by Gasteiger charge is -2.37. The molecule has 0 bridgehead atoms. The molecule has 1 fully saturated rings. The average molecular weight is 254 g/mol. The number of aliphatic imine (C=N–C) groups is 1. The molecule has 2 rings (SSSR count). The van der Waals surface area contributed by atoms with Gasteiger partial charge >= 0.3 is 0 Å². The van der Waals surface area contributed by atoms with Crippen LogP contribution in [0.25, 0.3) is 0 Å². The van der Waals surface area contributed by atoms with Crippen LogP contribution in [0, 0.1) is 10.8 Å². The maximum atomic E-state index is 4.69. The van der Waals surface area contributed by atoms with Gasteiger partial charge in [0.25, 0.3) is 0 Å². The highest BCUT2D eigenvalue weighted by molar-refractivity contribution is 8.13. The average Bonchev–Trinajstić information content (AvgIpc) is 2.20. The van der Waals surface area contributed by atoms with Gasteiger partial charge in [-0.2, -0.15) is 0 Å². The Morgan fingerprint density at radius 2 is 2.00 bits per heavy atom. The number of nitrogens with zero attached hydrogens (tertiary/aromatic N) is 1. The minimum absolute atomic E-state index is 0.377. The van der Waals surface area contributed by atoms with E-state index in [0.717, 1.165) is 6.54 Å². The summed E-state index contributed by atoms with van der Waals surface area (Å²) >= 11 is 1.90. The fourth-order valence-corrected chi connectivity index (χ4v) is 3.75. The molecular weight excluding hydrogens is 228 g/mol. The van der Waals surface area contributed by atoms with Crippen molar-refractivity contribution in [2.24, 2.45) is 15.8 Å². The van der Waals surface area contributed by atoms with Gasteiger partial charge in [-0.15, -0.1) is 0 Å². The third kappa shape index (κ3) is 3.90. The maximum Gasteiger partial charge on any atom is 0.156 e. The summed E-state index contributed by atoms with van der Waals surface area (Å²) in [6.45, 7) is 10.3. The number of hydrogen-bond acceptors (Lipinski definition) is 3. The molecule has 1 aliphatic carbocycles. The molecular formula is C14H26N2S. The SMILES string of the molecule is CC1(C)CN=C(NC2CCCC(C)(C)C2)SC1. The van der Waals surface area contributed by atoms with Crippen LogP contribution in [0.3, 0.4) is 0 Å². The van der Waals surface area contributed by atoms with E-state index in [1.807, 2.05) is 11.8 Å². The highest BCUT2D eigenvalue weighted by atomic mass is 32.2. The van der Waals surface area contributed by atoms with Gasteiger partial charge in [0.2, 0.25) is 0 Å². The van der Waals surface area contributed by atoms with Crippen LogP contribution in [-0.2, 0) is 0 Å². The summed E-state index contributed by atoms with van der Waals surface area (Å²) in [4.78, 5) is 4.69. The van der Waals surface area contributed by atoms with E-state index in [1.165, 1.54) is 36.6 Å². The van der Waals surface area contributed by atoms with E-state index in [0.29, 0.717) is 16.9 Å². The van der Waals surface area contributed by atoms with Crippen LogP contribution in [-0.4, -0.2) is 23.5 Å². The van der Waals surface area contributed by atoms with Gasteiger partial charge in [-0.05, 0) is 30.1 Å². The largest absolute Gasteiger partial charge is 0.362 e. The summed E-state index contributed by atoms with van der Waals surface area (Å²) in [5.41, 5.74) is 0.886. The third-order valence-corrected chi connectivity index (χ3v) is 5.23. The van der Waals surface area contributed by atoms with Crippen LogP contribution in [0.1, 0.15) is 53.4 Å². The summed E-state index contributed by atoms with van der Waals surface area (Å²) in [5.74, 6) is 1.19. The van der Waals surface area contributed by atoms with E-state index in [9.17, 15) is 0 Å². The molecule has 0 saturated heterocycles. The molecule has 3 heteroatoms. The second kappa shape index (κ2) is 4.83. The molecule has 1 heterocycles. The maximum absolute atomic E-state index is 4.69. The Labute approximate surface area is 110 Å². The quantitative estimate of drug-likeness (QED) is 0.772. The Hall–Kier alpha value is -0.180. The summed E-state index contributed by atoms with van der Waals surface area (Å²) in [6.07, 6.45) is 5.33. The number of amidine groups is 1. The van der Waals surface area contributed by atoms with Crippen molar-refractivity contribution in [3.63, 3.8) is 0 Å². The molecule has 2 aliphatic rings. The van der Waals surface area contributed by atoms with Crippen LogP contribution in [0.2, 0.25) is 0 Å². The molecule has 1 N–H and O–H groups in total. The van der Waals surface area contributed by atoms with Crippen LogP contribution in [0.15, 0.2) is 4.99 Å². The lowest BCUT2D eigenvalue weighted by molar-refractivity contribution is 0.211. The Morgan fingerprint density at radius 3 is 2.59 bits per heavy atom. The smallest absolute Gasteiger partial charge is 0.156 e. The van der Waals surface area contributed by atoms with Crippen molar-refractivity contribution < 1.29 is 0 Å². The highest BCUT2D eigenvalue weighted by Crippen LogP contribution is 2.36. The van der Waals surface area contributed by atoms with Crippen molar-refractivity contribution in [3.8, 4) is 0 Å². The van der Waals surface area contributed by atoms with Crippen LogP contribution >= 0.6 is 11.8 Å². The number of thioether (sulfide) groups is 1. The molecule has 98 valence electrons. The zero-order valence-corrected chi connectivity index (χ0v) is 12.5. The molecule has 2 nitrogen and oxygen atoms in total. The van der Waals surface area contributed by atoms with Crippen LogP contribution < -0.4 is 5.32 Å². The normalized spacial score (nSPS) is 31.8. The van der Waals surface area contributed by atoms with Crippen molar-refractivity contribution >= 4 is 16.9 Å².